The van der Waals surface area contributed by atoms with Gasteiger partial charge in [0.2, 0.25) is 0 Å². The van der Waals surface area contributed by atoms with Crippen molar-refractivity contribution in [2.75, 3.05) is 33.3 Å². The van der Waals surface area contributed by atoms with E-state index in [9.17, 15) is 4.79 Å². The second-order valence-corrected chi connectivity index (χ2v) is 5.38. The van der Waals surface area contributed by atoms with Gasteiger partial charge in [0.25, 0.3) is 5.91 Å². The van der Waals surface area contributed by atoms with Gasteiger partial charge in [-0.1, -0.05) is 0 Å². The van der Waals surface area contributed by atoms with Crippen molar-refractivity contribution in [3.63, 3.8) is 0 Å². The lowest BCUT2D eigenvalue weighted by molar-refractivity contribution is 0.0490. The predicted octanol–water partition coefficient (Wildman–Crippen LogP) is 0.350. The van der Waals surface area contributed by atoms with E-state index in [1.165, 1.54) is 0 Å². The fourth-order valence-corrected chi connectivity index (χ4v) is 2.71. The number of aryl methyl sites for hydroxylation is 2. The van der Waals surface area contributed by atoms with Gasteiger partial charge >= 0.3 is 0 Å². The van der Waals surface area contributed by atoms with Crippen molar-refractivity contribution in [3.05, 3.63) is 17.5 Å². The zero-order valence-electron chi connectivity index (χ0n) is 12.5. The van der Waals surface area contributed by atoms with Crippen LogP contribution in [-0.4, -0.2) is 69.9 Å². The van der Waals surface area contributed by atoms with E-state index in [-0.39, 0.29) is 18.6 Å². The molecule has 1 saturated heterocycles. The number of amides is 1. The third-order valence-electron chi connectivity index (χ3n) is 3.95. The van der Waals surface area contributed by atoms with Crippen molar-refractivity contribution >= 4 is 5.91 Å². The Kier molecular flexibility index (Phi) is 4.77. The molecule has 0 aliphatic carbocycles. The van der Waals surface area contributed by atoms with Crippen LogP contribution >= 0.6 is 0 Å². The Bertz CT molecular complexity index is 472. The lowest BCUT2D eigenvalue weighted by Crippen LogP contribution is -2.53. The molecule has 6 nitrogen and oxygen atoms in total. The van der Waals surface area contributed by atoms with Crippen molar-refractivity contribution in [3.8, 4) is 0 Å². The lowest BCUT2D eigenvalue weighted by atomic mass is 10.1. The maximum atomic E-state index is 12.6. The topological polar surface area (TPSA) is 61.6 Å². The molecule has 1 aromatic rings. The molecular weight excluding hydrogens is 256 g/mol. The van der Waals surface area contributed by atoms with Crippen LogP contribution in [0.5, 0.6) is 0 Å². The minimum absolute atomic E-state index is 0.0449. The molecule has 1 amide bonds. The number of aliphatic hydroxyl groups excluding tert-OH is 1. The Hall–Kier alpha value is -1.40. The Morgan fingerprint density at radius 1 is 1.50 bits per heavy atom. The number of hydrogen-bond donors (Lipinski definition) is 1. The number of nitrogens with zero attached hydrogens (tertiary/aromatic N) is 4. The van der Waals surface area contributed by atoms with Crippen LogP contribution in [0.2, 0.25) is 0 Å². The SMILES string of the molecule is CCn1nc(C)cc1C(=O)N1CCN(C)C(CCO)C1. The van der Waals surface area contributed by atoms with Gasteiger partial charge in [-0.05, 0) is 33.4 Å². The zero-order chi connectivity index (χ0) is 14.7. The van der Waals surface area contributed by atoms with E-state index >= 15 is 0 Å². The summed E-state index contributed by atoms with van der Waals surface area (Å²) in [6.07, 6.45) is 0.701. The van der Waals surface area contributed by atoms with Crippen LogP contribution in [0.15, 0.2) is 6.07 Å². The summed E-state index contributed by atoms with van der Waals surface area (Å²) < 4.78 is 1.76. The quantitative estimate of drug-likeness (QED) is 0.864. The van der Waals surface area contributed by atoms with E-state index in [1.807, 2.05) is 31.9 Å². The molecule has 0 saturated carbocycles. The van der Waals surface area contributed by atoms with Crippen LogP contribution in [-0.2, 0) is 6.54 Å². The normalized spacial score (nSPS) is 20.4. The zero-order valence-corrected chi connectivity index (χ0v) is 12.5. The summed E-state index contributed by atoms with van der Waals surface area (Å²) in [4.78, 5) is 16.7. The fraction of sp³-hybridized carbons (Fsp3) is 0.714. The number of hydrogen-bond acceptors (Lipinski definition) is 4. The molecule has 1 atom stereocenters. The second-order valence-electron chi connectivity index (χ2n) is 5.38. The monoisotopic (exact) mass is 280 g/mol. The molecule has 0 aromatic carbocycles. The van der Waals surface area contributed by atoms with Crippen LogP contribution in [0.25, 0.3) is 0 Å². The molecule has 2 rings (SSSR count). The highest BCUT2D eigenvalue weighted by Gasteiger charge is 2.29. The van der Waals surface area contributed by atoms with Crippen LogP contribution in [0.1, 0.15) is 29.5 Å². The van der Waals surface area contributed by atoms with Gasteiger partial charge in [0.15, 0.2) is 0 Å². The third-order valence-corrected chi connectivity index (χ3v) is 3.95. The van der Waals surface area contributed by atoms with Gasteiger partial charge < -0.3 is 10.0 Å². The van der Waals surface area contributed by atoms with Gasteiger partial charge in [0.05, 0.1) is 5.69 Å². The molecule has 1 fully saturated rings. The van der Waals surface area contributed by atoms with Crippen LogP contribution in [0, 0.1) is 6.92 Å². The van der Waals surface area contributed by atoms with Crippen molar-refractivity contribution in [1.29, 1.82) is 0 Å². The lowest BCUT2D eigenvalue weighted by Gasteiger charge is -2.39. The Morgan fingerprint density at radius 3 is 2.90 bits per heavy atom. The predicted molar refractivity (Wildman–Crippen MR) is 76.7 cm³/mol. The van der Waals surface area contributed by atoms with Crippen molar-refractivity contribution < 1.29 is 9.90 Å². The number of rotatable bonds is 4. The first-order chi connectivity index (χ1) is 9.56. The molecule has 1 aliphatic heterocycles. The highest BCUT2D eigenvalue weighted by molar-refractivity contribution is 5.92. The summed E-state index contributed by atoms with van der Waals surface area (Å²) in [5.74, 6) is 0.0449. The minimum Gasteiger partial charge on any atom is -0.396 e. The molecule has 1 unspecified atom stereocenters. The molecule has 112 valence electrons. The van der Waals surface area contributed by atoms with Crippen LogP contribution in [0.3, 0.4) is 0 Å². The van der Waals surface area contributed by atoms with E-state index in [1.54, 1.807) is 4.68 Å². The second kappa shape index (κ2) is 6.37. The molecule has 0 spiro atoms. The van der Waals surface area contributed by atoms with Gasteiger partial charge in [0.1, 0.15) is 5.69 Å². The van der Waals surface area contributed by atoms with E-state index in [4.69, 9.17) is 5.11 Å². The number of aromatic nitrogens is 2. The number of piperazine rings is 1. The molecule has 6 heteroatoms. The third kappa shape index (κ3) is 3.02. The van der Waals surface area contributed by atoms with Crippen molar-refractivity contribution in [1.82, 2.24) is 19.6 Å². The molecule has 0 bridgehead atoms. The smallest absolute Gasteiger partial charge is 0.272 e. The fourth-order valence-electron chi connectivity index (χ4n) is 2.71. The summed E-state index contributed by atoms with van der Waals surface area (Å²) in [6, 6.07) is 2.09. The number of carbonyl (C=O) groups is 1. The van der Waals surface area contributed by atoms with Gasteiger partial charge in [-0.15, -0.1) is 0 Å². The average molecular weight is 280 g/mol. The number of aliphatic hydroxyl groups is 1. The highest BCUT2D eigenvalue weighted by atomic mass is 16.3. The van der Waals surface area contributed by atoms with E-state index in [0.29, 0.717) is 25.2 Å². The van der Waals surface area contributed by atoms with Gasteiger partial charge in [0, 0.05) is 38.8 Å². The first-order valence-electron chi connectivity index (χ1n) is 7.21. The number of carbonyl (C=O) groups excluding carboxylic acids is 1. The molecular formula is C14H24N4O2. The molecule has 1 aromatic heterocycles. The standard InChI is InChI=1S/C14H24N4O2/c1-4-18-13(9-11(2)15-18)14(20)17-7-6-16(3)12(10-17)5-8-19/h9,12,19H,4-8,10H2,1-3H3. The molecule has 0 radical (unpaired) electrons. The molecule has 20 heavy (non-hydrogen) atoms. The maximum Gasteiger partial charge on any atom is 0.272 e. The largest absolute Gasteiger partial charge is 0.396 e. The van der Waals surface area contributed by atoms with E-state index < -0.39 is 0 Å². The van der Waals surface area contributed by atoms with Crippen LogP contribution < -0.4 is 0 Å². The Balaban J connectivity index is 2.12. The average Bonchev–Trinajstić information content (AvgIpc) is 2.82. The first kappa shape index (κ1) is 15.0. The molecule has 2 heterocycles. The summed E-state index contributed by atoms with van der Waals surface area (Å²) in [7, 11) is 2.04. The minimum atomic E-state index is 0.0449. The summed E-state index contributed by atoms with van der Waals surface area (Å²) >= 11 is 0. The van der Waals surface area contributed by atoms with Gasteiger partial charge in [-0.3, -0.25) is 14.4 Å². The van der Waals surface area contributed by atoms with E-state index in [2.05, 4.69) is 10.00 Å². The Morgan fingerprint density at radius 2 is 2.25 bits per heavy atom. The molecule has 1 aliphatic rings. The number of likely N-dealkylation sites (N-methyl/N-ethyl adjacent to an activating group) is 1. The summed E-state index contributed by atoms with van der Waals surface area (Å²) in [6.45, 7) is 6.99. The van der Waals surface area contributed by atoms with Crippen LogP contribution in [0.4, 0.5) is 0 Å². The molecule has 1 N–H and O–H groups in total. The van der Waals surface area contributed by atoms with Crippen molar-refractivity contribution in [2.24, 2.45) is 0 Å². The van der Waals surface area contributed by atoms with Gasteiger partial charge in [-0.2, -0.15) is 5.10 Å². The maximum absolute atomic E-state index is 12.6. The van der Waals surface area contributed by atoms with E-state index in [0.717, 1.165) is 18.8 Å². The first-order valence-corrected chi connectivity index (χ1v) is 7.21. The Labute approximate surface area is 120 Å². The summed E-state index contributed by atoms with van der Waals surface area (Å²) in [5, 5.41) is 13.5. The highest BCUT2D eigenvalue weighted by Crippen LogP contribution is 2.15. The summed E-state index contributed by atoms with van der Waals surface area (Å²) in [5.41, 5.74) is 1.54. The van der Waals surface area contributed by atoms with Gasteiger partial charge in [-0.25, -0.2) is 0 Å². The van der Waals surface area contributed by atoms with Crippen molar-refractivity contribution in [2.45, 2.75) is 32.9 Å².